The van der Waals surface area contributed by atoms with Gasteiger partial charge in [0, 0.05) is 0 Å². The third kappa shape index (κ3) is 2.12. The number of imidazole rings is 2. The Balaban J connectivity index is 1.50. The average Bonchev–Trinajstić information content (AvgIpc) is 3.26. The van der Waals surface area contributed by atoms with Crippen LogP contribution < -0.4 is 0 Å². The molecule has 24 heavy (non-hydrogen) atoms. The molecular weight excluding hydrogens is 300 g/mol. The number of hydrogen-bond acceptors (Lipinski definition) is 3. The lowest BCUT2D eigenvalue weighted by atomic mass is 10.1. The standard InChI is InChI=1S/C19H18N4O/c1-3-8-16-14(6-1)20-12-22(16)18-10-5-11-19(24-18)23-13-21-15-7-2-4-9-17(15)23/h1-4,6-9,12-13,18-19H,5,10-11H2. The molecule has 1 aliphatic heterocycles. The Kier molecular flexibility index (Phi) is 3.13. The van der Waals surface area contributed by atoms with Crippen LogP contribution in [0.3, 0.4) is 0 Å². The van der Waals surface area contributed by atoms with E-state index in [-0.39, 0.29) is 12.5 Å². The van der Waals surface area contributed by atoms with Crippen molar-refractivity contribution in [3.8, 4) is 0 Å². The summed E-state index contributed by atoms with van der Waals surface area (Å²) in [4.78, 5) is 8.99. The lowest BCUT2D eigenvalue weighted by Crippen LogP contribution is -2.24. The molecule has 0 amide bonds. The van der Waals surface area contributed by atoms with Crippen molar-refractivity contribution in [1.29, 1.82) is 0 Å². The van der Waals surface area contributed by atoms with Crippen LogP contribution in [0.1, 0.15) is 31.7 Å². The normalized spacial score (nSPS) is 21.5. The first-order valence-corrected chi connectivity index (χ1v) is 8.39. The molecule has 5 heteroatoms. The van der Waals surface area contributed by atoms with Gasteiger partial charge in [-0.05, 0) is 43.5 Å². The molecule has 0 spiro atoms. The van der Waals surface area contributed by atoms with Crippen molar-refractivity contribution in [2.75, 3.05) is 0 Å². The van der Waals surface area contributed by atoms with E-state index in [1.807, 2.05) is 49.1 Å². The molecule has 4 aromatic rings. The van der Waals surface area contributed by atoms with E-state index in [1.54, 1.807) is 0 Å². The van der Waals surface area contributed by atoms with Crippen LogP contribution in [0, 0.1) is 0 Å². The first-order chi connectivity index (χ1) is 11.9. The molecule has 1 saturated heterocycles. The number of ether oxygens (including phenoxy) is 1. The Morgan fingerprint density at radius 2 is 1.25 bits per heavy atom. The average molecular weight is 318 g/mol. The molecule has 5 rings (SSSR count). The highest BCUT2D eigenvalue weighted by Crippen LogP contribution is 2.35. The molecule has 2 aromatic heterocycles. The quantitative estimate of drug-likeness (QED) is 0.554. The van der Waals surface area contributed by atoms with Gasteiger partial charge in [-0.25, -0.2) is 9.97 Å². The van der Waals surface area contributed by atoms with Gasteiger partial charge in [0.2, 0.25) is 0 Å². The highest BCUT2D eigenvalue weighted by Gasteiger charge is 2.26. The van der Waals surface area contributed by atoms with Crippen molar-refractivity contribution in [3.05, 3.63) is 61.2 Å². The third-order valence-corrected chi connectivity index (χ3v) is 4.80. The van der Waals surface area contributed by atoms with E-state index < -0.39 is 0 Å². The maximum absolute atomic E-state index is 6.44. The van der Waals surface area contributed by atoms with Crippen LogP contribution in [-0.2, 0) is 4.74 Å². The summed E-state index contributed by atoms with van der Waals surface area (Å²) in [6.45, 7) is 0. The van der Waals surface area contributed by atoms with Gasteiger partial charge in [-0.1, -0.05) is 24.3 Å². The number of benzene rings is 2. The van der Waals surface area contributed by atoms with Crippen LogP contribution in [0.5, 0.6) is 0 Å². The number of nitrogens with zero attached hydrogens (tertiary/aromatic N) is 4. The van der Waals surface area contributed by atoms with Crippen LogP contribution in [-0.4, -0.2) is 19.1 Å². The van der Waals surface area contributed by atoms with Gasteiger partial charge in [-0.3, -0.25) is 0 Å². The molecule has 0 bridgehead atoms. The summed E-state index contributed by atoms with van der Waals surface area (Å²) in [5, 5.41) is 0. The van der Waals surface area contributed by atoms with Crippen molar-refractivity contribution < 1.29 is 4.74 Å². The molecule has 1 aliphatic rings. The van der Waals surface area contributed by atoms with Crippen LogP contribution in [0.25, 0.3) is 22.1 Å². The zero-order chi connectivity index (χ0) is 15.9. The minimum atomic E-state index is 0.0114. The van der Waals surface area contributed by atoms with Gasteiger partial charge in [0.15, 0.2) is 0 Å². The summed E-state index contributed by atoms with van der Waals surface area (Å²) in [5.41, 5.74) is 4.27. The van der Waals surface area contributed by atoms with Crippen LogP contribution in [0.2, 0.25) is 0 Å². The van der Waals surface area contributed by atoms with Crippen LogP contribution >= 0.6 is 0 Å². The van der Waals surface area contributed by atoms with Gasteiger partial charge < -0.3 is 13.9 Å². The van der Waals surface area contributed by atoms with Crippen molar-refractivity contribution in [2.45, 2.75) is 31.7 Å². The summed E-state index contributed by atoms with van der Waals surface area (Å²) in [6.07, 6.45) is 6.93. The maximum atomic E-state index is 6.44. The minimum Gasteiger partial charge on any atom is -0.335 e. The minimum absolute atomic E-state index is 0.0114. The number of aromatic nitrogens is 4. The topological polar surface area (TPSA) is 44.9 Å². The zero-order valence-electron chi connectivity index (χ0n) is 13.2. The second kappa shape index (κ2) is 5.46. The molecule has 0 aliphatic carbocycles. The summed E-state index contributed by atoms with van der Waals surface area (Å²) in [7, 11) is 0. The van der Waals surface area contributed by atoms with Gasteiger partial charge >= 0.3 is 0 Å². The lowest BCUT2D eigenvalue weighted by molar-refractivity contribution is -0.121. The SMILES string of the molecule is c1ccc2c(c1)ncn2C1CCCC(n2cnc3ccccc32)O1. The number of fused-ring (bicyclic) bond motifs is 2. The van der Waals surface area contributed by atoms with Crippen LogP contribution in [0.4, 0.5) is 0 Å². The van der Waals surface area contributed by atoms with Gasteiger partial charge in [-0.15, -0.1) is 0 Å². The maximum Gasteiger partial charge on any atom is 0.137 e. The fraction of sp³-hybridized carbons (Fsp3) is 0.263. The second-order valence-electron chi connectivity index (χ2n) is 6.26. The zero-order valence-corrected chi connectivity index (χ0v) is 13.2. The predicted octanol–water partition coefficient (Wildman–Crippen LogP) is 4.28. The summed E-state index contributed by atoms with van der Waals surface area (Å²) >= 11 is 0. The molecule has 0 radical (unpaired) electrons. The summed E-state index contributed by atoms with van der Waals surface area (Å²) in [5.74, 6) is 0. The van der Waals surface area contributed by atoms with E-state index in [0.717, 1.165) is 41.3 Å². The van der Waals surface area contributed by atoms with Crippen molar-refractivity contribution in [1.82, 2.24) is 19.1 Å². The van der Waals surface area contributed by atoms with E-state index >= 15 is 0 Å². The Hall–Kier alpha value is -2.66. The monoisotopic (exact) mass is 318 g/mol. The van der Waals surface area contributed by atoms with Gasteiger partial charge in [0.05, 0.1) is 34.7 Å². The van der Waals surface area contributed by atoms with E-state index in [2.05, 4.69) is 31.2 Å². The molecule has 1 fully saturated rings. The Bertz CT molecular complexity index is 923. The summed E-state index contributed by atoms with van der Waals surface area (Å²) < 4.78 is 10.7. The molecule has 0 saturated carbocycles. The molecule has 5 nitrogen and oxygen atoms in total. The van der Waals surface area contributed by atoms with E-state index in [4.69, 9.17) is 4.74 Å². The molecule has 2 atom stereocenters. The first kappa shape index (κ1) is 13.7. The van der Waals surface area contributed by atoms with Gasteiger partial charge in [-0.2, -0.15) is 0 Å². The second-order valence-corrected chi connectivity index (χ2v) is 6.26. The fourth-order valence-corrected chi connectivity index (χ4v) is 3.61. The smallest absolute Gasteiger partial charge is 0.137 e. The van der Waals surface area contributed by atoms with Crippen molar-refractivity contribution in [2.24, 2.45) is 0 Å². The Morgan fingerprint density at radius 1 is 0.750 bits per heavy atom. The Morgan fingerprint density at radius 3 is 1.79 bits per heavy atom. The lowest BCUT2D eigenvalue weighted by Gasteiger charge is -2.32. The van der Waals surface area contributed by atoms with Crippen molar-refractivity contribution >= 4 is 22.1 Å². The van der Waals surface area contributed by atoms with E-state index in [0.29, 0.717) is 0 Å². The largest absolute Gasteiger partial charge is 0.335 e. The van der Waals surface area contributed by atoms with Crippen molar-refractivity contribution in [3.63, 3.8) is 0 Å². The molecule has 2 unspecified atom stereocenters. The van der Waals surface area contributed by atoms with E-state index in [1.165, 1.54) is 0 Å². The predicted molar refractivity (Wildman–Crippen MR) is 92.5 cm³/mol. The number of rotatable bonds is 2. The highest BCUT2D eigenvalue weighted by atomic mass is 16.5. The molecule has 0 N–H and O–H groups in total. The molecular formula is C19H18N4O. The Labute approximate surface area is 139 Å². The van der Waals surface area contributed by atoms with Gasteiger partial charge in [0.1, 0.15) is 12.5 Å². The van der Waals surface area contributed by atoms with Gasteiger partial charge in [0.25, 0.3) is 0 Å². The number of para-hydroxylation sites is 4. The molecule has 3 heterocycles. The summed E-state index contributed by atoms with van der Waals surface area (Å²) in [6, 6.07) is 16.4. The first-order valence-electron chi connectivity index (χ1n) is 8.39. The van der Waals surface area contributed by atoms with E-state index in [9.17, 15) is 0 Å². The van der Waals surface area contributed by atoms with Crippen LogP contribution in [0.15, 0.2) is 61.2 Å². The fourth-order valence-electron chi connectivity index (χ4n) is 3.61. The third-order valence-electron chi connectivity index (χ3n) is 4.80. The highest BCUT2D eigenvalue weighted by molar-refractivity contribution is 5.75. The molecule has 120 valence electrons. The number of hydrogen-bond donors (Lipinski definition) is 0. The molecule has 2 aromatic carbocycles.